The Labute approximate surface area is 104 Å². The topological polar surface area (TPSA) is 26.3 Å². The molecule has 2 heteroatoms. The number of esters is 1. The van der Waals surface area contributed by atoms with Gasteiger partial charge in [0.2, 0.25) is 0 Å². The zero-order valence-electron chi connectivity index (χ0n) is 11.2. The standard InChI is InChI=1S/C15H22O2/c1-5-12-6-8-13(9-7-12)15(2,3)11-10-14(16)17-4/h6-9H,5,10-11H2,1-4H3. The highest BCUT2D eigenvalue weighted by Crippen LogP contribution is 2.28. The van der Waals surface area contributed by atoms with Crippen LogP contribution in [0.4, 0.5) is 0 Å². The second-order valence-corrected chi connectivity index (χ2v) is 5.01. The normalized spacial score (nSPS) is 11.3. The molecule has 0 unspecified atom stereocenters. The van der Waals surface area contributed by atoms with E-state index in [-0.39, 0.29) is 11.4 Å². The lowest BCUT2D eigenvalue weighted by Gasteiger charge is -2.25. The van der Waals surface area contributed by atoms with Crippen molar-refractivity contribution in [3.05, 3.63) is 35.4 Å². The van der Waals surface area contributed by atoms with E-state index < -0.39 is 0 Å². The highest BCUT2D eigenvalue weighted by Gasteiger charge is 2.21. The molecule has 1 rings (SSSR count). The van der Waals surface area contributed by atoms with Gasteiger partial charge < -0.3 is 4.74 Å². The molecule has 0 heterocycles. The molecule has 94 valence electrons. The molecule has 0 amide bonds. The third-order valence-corrected chi connectivity index (χ3v) is 3.33. The van der Waals surface area contributed by atoms with Crippen LogP contribution in [0.25, 0.3) is 0 Å². The maximum absolute atomic E-state index is 11.2. The molecule has 1 aromatic carbocycles. The molecule has 0 aliphatic rings. The molecule has 0 atom stereocenters. The van der Waals surface area contributed by atoms with E-state index >= 15 is 0 Å². The zero-order valence-corrected chi connectivity index (χ0v) is 11.2. The molecule has 2 nitrogen and oxygen atoms in total. The van der Waals surface area contributed by atoms with E-state index in [1.54, 1.807) is 0 Å². The summed E-state index contributed by atoms with van der Waals surface area (Å²) in [5, 5.41) is 0. The van der Waals surface area contributed by atoms with Crippen LogP contribution >= 0.6 is 0 Å². The first-order chi connectivity index (χ1) is 7.99. The first-order valence-electron chi connectivity index (χ1n) is 6.16. The smallest absolute Gasteiger partial charge is 0.305 e. The maximum Gasteiger partial charge on any atom is 0.305 e. The molecular formula is C15H22O2. The van der Waals surface area contributed by atoms with Gasteiger partial charge in [0.05, 0.1) is 7.11 Å². The SMILES string of the molecule is CCc1ccc(C(C)(C)CCC(=O)OC)cc1. The van der Waals surface area contributed by atoms with Crippen LogP contribution in [0.5, 0.6) is 0 Å². The Morgan fingerprint density at radius 1 is 1.24 bits per heavy atom. The van der Waals surface area contributed by atoms with Crippen LogP contribution in [0, 0.1) is 0 Å². The lowest BCUT2D eigenvalue weighted by atomic mass is 9.80. The van der Waals surface area contributed by atoms with E-state index in [1.807, 2.05) is 0 Å². The molecule has 1 aromatic rings. The third kappa shape index (κ3) is 3.88. The summed E-state index contributed by atoms with van der Waals surface area (Å²) in [5.41, 5.74) is 2.64. The number of hydrogen-bond donors (Lipinski definition) is 0. The van der Waals surface area contributed by atoms with E-state index in [4.69, 9.17) is 0 Å². The number of hydrogen-bond acceptors (Lipinski definition) is 2. The Balaban J connectivity index is 2.70. The number of ether oxygens (including phenoxy) is 1. The molecule has 0 saturated carbocycles. The summed E-state index contributed by atoms with van der Waals surface area (Å²) in [5.74, 6) is -0.136. The van der Waals surface area contributed by atoms with Gasteiger partial charge in [-0.05, 0) is 29.4 Å². The van der Waals surface area contributed by atoms with Crippen LogP contribution < -0.4 is 0 Å². The van der Waals surface area contributed by atoms with Gasteiger partial charge in [0.15, 0.2) is 0 Å². The third-order valence-electron chi connectivity index (χ3n) is 3.33. The summed E-state index contributed by atoms with van der Waals surface area (Å²) in [6.07, 6.45) is 2.34. The summed E-state index contributed by atoms with van der Waals surface area (Å²) in [4.78, 5) is 11.2. The number of benzene rings is 1. The summed E-state index contributed by atoms with van der Waals surface area (Å²) in [7, 11) is 1.44. The highest BCUT2D eigenvalue weighted by atomic mass is 16.5. The first-order valence-corrected chi connectivity index (χ1v) is 6.16. The zero-order chi connectivity index (χ0) is 12.9. The maximum atomic E-state index is 11.2. The van der Waals surface area contributed by atoms with Gasteiger partial charge in [0, 0.05) is 6.42 Å². The Kier molecular flexibility index (Phi) is 4.73. The molecule has 0 radical (unpaired) electrons. The van der Waals surface area contributed by atoms with Gasteiger partial charge in [0.25, 0.3) is 0 Å². The Bertz CT molecular complexity index is 363. The van der Waals surface area contributed by atoms with Crippen molar-refractivity contribution >= 4 is 5.97 Å². The number of aryl methyl sites for hydroxylation is 1. The minimum Gasteiger partial charge on any atom is -0.469 e. The Morgan fingerprint density at radius 2 is 1.82 bits per heavy atom. The van der Waals surface area contributed by atoms with Crippen LogP contribution in [-0.4, -0.2) is 13.1 Å². The van der Waals surface area contributed by atoms with Crippen LogP contribution in [0.2, 0.25) is 0 Å². The highest BCUT2D eigenvalue weighted by molar-refractivity contribution is 5.69. The van der Waals surface area contributed by atoms with Gasteiger partial charge in [0.1, 0.15) is 0 Å². The number of rotatable bonds is 5. The fourth-order valence-electron chi connectivity index (χ4n) is 1.85. The molecule has 0 saturated heterocycles. The molecule has 0 aliphatic heterocycles. The average Bonchev–Trinajstić information content (AvgIpc) is 2.36. The second-order valence-electron chi connectivity index (χ2n) is 5.01. The van der Waals surface area contributed by atoms with Gasteiger partial charge in [-0.3, -0.25) is 4.79 Å². The Morgan fingerprint density at radius 3 is 2.29 bits per heavy atom. The summed E-state index contributed by atoms with van der Waals surface area (Å²) in [6.45, 7) is 6.48. The van der Waals surface area contributed by atoms with Crippen LogP contribution in [0.15, 0.2) is 24.3 Å². The molecule has 0 fully saturated rings. The largest absolute Gasteiger partial charge is 0.469 e. The molecule has 17 heavy (non-hydrogen) atoms. The van der Waals surface area contributed by atoms with Crippen molar-refractivity contribution in [3.63, 3.8) is 0 Å². The van der Waals surface area contributed by atoms with Crippen molar-refractivity contribution in [3.8, 4) is 0 Å². The van der Waals surface area contributed by atoms with Crippen molar-refractivity contribution < 1.29 is 9.53 Å². The van der Waals surface area contributed by atoms with E-state index in [2.05, 4.69) is 49.8 Å². The molecule has 0 aliphatic carbocycles. The predicted molar refractivity (Wildman–Crippen MR) is 70.1 cm³/mol. The summed E-state index contributed by atoms with van der Waals surface area (Å²) < 4.78 is 4.68. The minimum atomic E-state index is -0.136. The van der Waals surface area contributed by atoms with Crippen molar-refractivity contribution in [1.82, 2.24) is 0 Å². The van der Waals surface area contributed by atoms with Crippen molar-refractivity contribution in [2.24, 2.45) is 0 Å². The van der Waals surface area contributed by atoms with Crippen LogP contribution in [0.1, 0.15) is 44.7 Å². The van der Waals surface area contributed by atoms with Crippen molar-refractivity contribution in [1.29, 1.82) is 0 Å². The molecular weight excluding hydrogens is 212 g/mol. The summed E-state index contributed by atoms with van der Waals surface area (Å²) in [6, 6.07) is 8.65. The van der Waals surface area contributed by atoms with E-state index in [1.165, 1.54) is 18.2 Å². The van der Waals surface area contributed by atoms with Crippen molar-refractivity contribution in [2.45, 2.75) is 45.4 Å². The monoisotopic (exact) mass is 234 g/mol. The quantitative estimate of drug-likeness (QED) is 0.729. The molecule has 0 N–H and O–H groups in total. The summed E-state index contributed by atoms with van der Waals surface area (Å²) >= 11 is 0. The molecule has 0 aromatic heterocycles. The predicted octanol–water partition coefficient (Wildman–Crippen LogP) is 3.48. The number of carbonyl (C=O) groups is 1. The Hall–Kier alpha value is -1.31. The second kappa shape index (κ2) is 5.85. The van der Waals surface area contributed by atoms with Gasteiger partial charge in [-0.25, -0.2) is 0 Å². The number of methoxy groups -OCH3 is 1. The molecule has 0 spiro atoms. The van der Waals surface area contributed by atoms with Crippen molar-refractivity contribution in [2.75, 3.05) is 7.11 Å². The van der Waals surface area contributed by atoms with Gasteiger partial charge in [-0.15, -0.1) is 0 Å². The minimum absolute atomic E-state index is 0.0143. The van der Waals surface area contributed by atoms with Crippen LogP contribution in [0.3, 0.4) is 0 Å². The van der Waals surface area contributed by atoms with E-state index in [9.17, 15) is 4.79 Å². The first kappa shape index (κ1) is 13.8. The number of carbonyl (C=O) groups excluding carboxylic acids is 1. The van der Waals surface area contributed by atoms with Gasteiger partial charge >= 0.3 is 5.97 Å². The van der Waals surface area contributed by atoms with E-state index in [0.717, 1.165) is 12.8 Å². The fourth-order valence-corrected chi connectivity index (χ4v) is 1.85. The lowest BCUT2D eigenvalue weighted by Crippen LogP contribution is -2.19. The fraction of sp³-hybridized carbons (Fsp3) is 0.533. The van der Waals surface area contributed by atoms with Gasteiger partial charge in [-0.2, -0.15) is 0 Å². The lowest BCUT2D eigenvalue weighted by molar-refractivity contribution is -0.141. The van der Waals surface area contributed by atoms with Crippen LogP contribution in [-0.2, 0) is 21.4 Å². The average molecular weight is 234 g/mol. The molecule has 0 bridgehead atoms. The van der Waals surface area contributed by atoms with Gasteiger partial charge in [-0.1, -0.05) is 45.0 Å². The van der Waals surface area contributed by atoms with E-state index in [0.29, 0.717) is 6.42 Å².